The van der Waals surface area contributed by atoms with E-state index in [4.69, 9.17) is 23.2 Å². The number of rotatable bonds is 3. The van der Waals surface area contributed by atoms with Crippen LogP contribution < -0.4 is 11.1 Å². The molecule has 4 rings (SSSR count). The molecule has 0 saturated carbocycles. The minimum atomic E-state index is -0.232. The van der Waals surface area contributed by atoms with Crippen LogP contribution in [0.25, 0.3) is 0 Å². The van der Waals surface area contributed by atoms with E-state index in [1.54, 1.807) is 12.3 Å². The van der Waals surface area contributed by atoms with E-state index in [2.05, 4.69) is 94.9 Å². The van der Waals surface area contributed by atoms with Crippen LogP contribution in [0.2, 0.25) is 10.0 Å². The molecule has 0 aliphatic heterocycles. The van der Waals surface area contributed by atoms with Gasteiger partial charge in [-0.3, -0.25) is 9.59 Å². The fourth-order valence-corrected chi connectivity index (χ4v) is 4.40. The van der Waals surface area contributed by atoms with Crippen LogP contribution in [-0.4, -0.2) is 20.0 Å². The highest BCUT2D eigenvalue weighted by atomic mass is 79.9. The minimum Gasteiger partial charge on any atom is -0.267 e. The van der Waals surface area contributed by atoms with Gasteiger partial charge >= 0.3 is 0 Å². The number of halogens is 7. The summed E-state index contributed by atoms with van der Waals surface area (Å²) >= 11 is 27.8. The smallest absolute Gasteiger partial charge is 0.267 e. The van der Waals surface area contributed by atoms with Gasteiger partial charge in [-0.2, -0.15) is 10.2 Å². The highest BCUT2D eigenvalue weighted by molar-refractivity contribution is 9.13. The van der Waals surface area contributed by atoms with Gasteiger partial charge < -0.3 is 0 Å². The third-order valence-electron chi connectivity index (χ3n) is 4.08. The summed E-state index contributed by atoms with van der Waals surface area (Å²) in [5, 5.41) is 12.1. The van der Waals surface area contributed by atoms with E-state index in [1.807, 2.05) is 42.5 Å². The maximum Gasteiger partial charge on any atom is 0.282 e. The van der Waals surface area contributed by atoms with Gasteiger partial charge in [0, 0.05) is 15.4 Å². The van der Waals surface area contributed by atoms with Crippen molar-refractivity contribution < 1.29 is 0 Å². The topological polar surface area (TPSA) is 80.6 Å². The predicted molar refractivity (Wildman–Crippen MR) is 159 cm³/mol. The Kier molecular flexibility index (Phi) is 13.4. The first-order valence-electron chi connectivity index (χ1n) is 9.48. The van der Waals surface area contributed by atoms with Crippen LogP contribution >= 0.6 is 103 Å². The van der Waals surface area contributed by atoms with Crippen molar-refractivity contribution in [2.45, 2.75) is 11.9 Å². The lowest BCUT2D eigenvalue weighted by Gasteiger charge is -2.07. The fraction of sp³-hybridized carbons (Fsp3) is 0.0909. The summed E-state index contributed by atoms with van der Waals surface area (Å²) in [6.07, 6.45) is 3.08. The van der Waals surface area contributed by atoms with Gasteiger partial charge in [-0.1, -0.05) is 75.5 Å². The molecular formula is C22H15Br5Cl2N4O2. The molecular weight excluding hydrogens is 823 g/mol. The van der Waals surface area contributed by atoms with Gasteiger partial charge in [0.1, 0.15) is 4.47 Å². The minimum absolute atomic E-state index is 0.195. The third kappa shape index (κ3) is 9.53. The molecule has 2 heterocycles. The summed E-state index contributed by atoms with van der Waals surface area (Å²) in [4.78, 5) is 22.5. The van der Waals surface area contributed by atoms with Gasteiger partial charge in [-0.15, -0.1) is 0 Å². The quantitative estimate of drug-likeness (QED) is 0.212. The highest BCUT2D eigenvalue weighted by Crippen LogP contribution is 2.19. The van der Waals surface area contributed by atoms with Crippen molar-refractivity contribution in [3.8, 4) is 0 Å². The summed E-state index contributed by atoms with van der Waals surface area (Å²) < 4.78 is 3.58. The number of aromatic nitrogens is 4. The second-order valence-corrected chi connectivity index (χ2v) is 11.1. The first-order chi connectivity index (χ1) is 16.6. The zero-order valence-electron chi connectivity index (χ0n) is 17.5. The van der Waals surface area contributed by atoms with E-state index >= 15 is 0 Å². The molecule has 0 atom stereocenters. The Bertz CT molecular complexity index is 1400. The summed E-state index contributed by atoms with van der Waals surface area (Å²) in [6, 6.07) is 15.2. The Balaban J connectivity index is 0.000000203. The van der Waals surface area contributed by atoms with E-state index in [9.17, 15) is 9.59 Å². The average molecular weight is 838 g/mol. The monoisotopic (exact) mass is 832 g/mol. The molecule has 0 radical (unpaired) electrons. The van der Waals surface area contributed by atoms with E-state index in [0.717, 1.165) is 21.5 Å². The fourth-order valence-electron chi connectivity index (χ4n) is 2.31. The van der Waals surface area contributed by atoms with Crippen molar-refractivity contribution in [3.63, 3.8) is 0 Å². The number of nitrogens with one attached hydrogen (secondary N) is 1. The second-order valence-electron chi connectivity index (χ2n) is 6.45. The van der Waals surface area contributed by atoms with Gasteiger partial charge in [0.15, 0.2) is 0 Å². The van der Waals surface area contributed by atoms with E-state index in [-0.39, 0.29) is 11.1 Å². The van der Waals surface area contributed by atoms with Crippen LogP contribution in [0.1, 0.15) is 11.1 Å². The third-order valence-corrected chi connectivity index (χ3v) is 9.24. The van der Waals surface area contributed by atoms with Crippen LogP contribution in [0.5, 0.6) is 0 Å². The normalized spacial score (nSPS) is 10.0. The van der Waals surface area contributed by atoms with Crippen LogP contribution in [0.15, 0.2) is 88.4 Å². The Morgan fingerprint density at radius 2 is 1.34 bits per heavy atom. The molecule has 0 bridgehead atoms. The zero-order valence-corrected chi connectivity index (χ0v) is 26.9. The zero-order chi connectivity index (χ0) is 26.0. The lowest BCUT2D eigenvalue weighted by Crippen LogP contribution is -2.24. The van der Waals surface area contributed by atoms with E-state index in [0.29, 0.717) is 29.5 Å². The Labute approximate surface area is 253 Å². The van der Waals surface area contributed by atoms with E-state index in [1.165, 1.54) is 10.9 Å². The number of alkyl halides is 1. The average Bonchev–Trinajstić information content (AvgIpc) is 2.85. The molecule has 0 aliphatic carbocycles. The number of hydrogen-bond donors (Lipinski definition) is 1. The molecule has 2 aromatic carbocycles. The van der Waals surface area contributed by atoms with Crippen molar-refractivity contribution in [2.24, 2.45) is 0 Å². The van der Waals surface area contributed by atoms with Crippen LogP contribution in [0.3, 0.4) is 0 Å². The molecule has 184 valence electrons. The maximum atomic E-state index is 11.9. The molecule has 0 fully saturated rings. The Morgan fingerprint density at radius 1 is 0.800 bits per heavy atom. The summed E-state index contributed by atoms with van der Waals surface area (Å²) in [6.45, 7) is 0.352. The van der Waals surface area contributed by atoms with Crippen molar-refractivity contribution in [2.75, 3.05) is 0 Å². The summed E-state index contributed by atoms with van der Waals surface area (Å²) in [5.41, 5.74) is 1.57. The molecule has 0 amide bonds. The van der Waals surface area contributed by atoms with Crippen LogP contribution in [-0.2, 0) is 11.9 Å². The van der Waals surface area contributed by atoms with Gasteiger partial charge in [-0.05, 0) is 87.0 Å². The Hall–Kier alpha value is -0.820. The summed E-state index contributed by atoms with van der Waals surface area (Å²) in [5.74, 6) is 0. The Morgan fingerprint density at radius 3 is 1.83 bits per heavy atom. The number of hydrogen-bond acceptors (Lipinski definition) is 4. The van der Waals surface area contributed by atoms with Crippen molar-refractivity contribution >= 4 is 103 Å². The molecule has 0 unspecified atom stereocenters. The number of benzene rings is 2. The highest BCUT2D eigenvalue weighted by Gasteiger charge is 2.08. The largest absolute Gasteiger partial charge is 0.282 e. The summed E-state index contributed by atoms with van der Waals surface area (Å²) in [7, 11) is 0. The predicted octanol–water partition coefficient (Wildman–Crippen LogP) is 8.00. The molecule has 0 spiro atoms. The number of nitrogens with zero attached hydrogens (tertiary/aromatic N) is 3. The molecule has 0 aliphatic rings. The maximum absolute atomic E-state index is 11.9. The lowest BCUT2D eigenvalue weighted by atomic mass is 10.2. The van der Waals surface area contributed by atoms with Crippen molar-refractivity contribution in [1.82, 2.24) is 20.0 Å². The van der Waals surface area contributed by atoms with Gasteiger partial charge in [0.2, 0.25) is 0 Å². The first kappa shape index (κ1) is 30.4. The second kappa shape index (κ2) is 15.4. The van der Waals surface area contributed by atoms with Crippen molar-refractivity contribution in [1.29, 1.82) is 0 Å². The molecule has 6 nitrogen and oxygen atoms in total. The van der Waals surface area contributed by atoms with Gasteiger partial charge in [-0.25, -0.2) is 9.78 Å². The van der Waals surface area contributed by atoms with Crippen LogP contribution in [0, 0.1) is 0 Å². The molecule has 1 N–H and O–H groups in total. The van der Waals surface area contributed by atoms with Gasteiger partial charge in [0.05, 0.1) is 32.4 Å². The van der Waals surface area contributed by atoms with Gasteiger partial charge in [0.25, 0.3) is 11.1 Å². The molecule has 4 aromatic rings. The number of aromatic amines is 1. The molecule has 0 saturated heterocycles. The SMILES string of the molecule is Clc1ccccc1CBr.O=c1[nH]ncc(Br)c1Br.O=c1c(Br)c(Br)cnn1Cc1ccccc1Cl. The lowest BCUT2D eigenvalue weighted by molar-refractivity contribution is 0.633. The molecule has 35 heavy (non-hydrogen) atoms. The molecule has 2 aromatic heterocycles. The van der Waals surface area contributed by atoms with Crippen LogP contribution in [0.4, 0.5) is 0 Å². The molecule has 13 heteroatoms. The number of H-pyrrole nitrogens is 1. The standard InChI is InChI=1S/C11H7Br2ClN2O.C7H6BrCl.C4H2Br2N2O/c12-8-5-15-16(11(17)10(8)13)6-7-3-1-2-4-9(7)14;8-5-6-3-1-2-4-7(6)9;5-2-1-7-8-4(9)3(2)6/h1-5H,6H2;1-4H,5H2;1H,(H,8,9). The van der Waals surface area contributed by atoms with E-state index < -0.39 is 0 Å². The van der Waals surface area contributed by atoms with Crippen molar-refractivity contribution in [3.05, 3.63) is 121 Å². The first-order valence-corrected chi connectivity index (χ1v) is 14.5.